The van der Waals surface area contributed by atoms with Crippen molar-refractivity contribution in [2.24, 2.45) is 5.73 Å². The summed E-state index contributed by atoms with van der Waals surface area (Å²) < 4.78 is 11.4. The number of esters is 1. The van der Waals surface area contributed by atoms with Gasteiger partial charge in [0.05, 0.1) is 0 Å². The van der Waals surface area contributed by atoms with Crippen LogP contribution in [-0.2, 0) is 37.1 Å². The van der Waals surface area contributed by atoms with E-state index >= 15 is 0 Å². The lowest BCUT2D eigenvalue weighted by molar-refractivity contribution is -0.156. The number of ketones is 1. The molecule has 1 heterocycles. The number of hydrogen-bond donors (Lipinski definition) is 2. The minimum absolute atomic E-state index is 0.0568. The number of carboxylic acid groups (broad SMARTS) is 1. The number of unbranched alkanes of at least 4 members (excludes halogenated alkanes) is 1. The molecule has 1 fully saturated rings. The summed E-state index contributed by atoms with van der Waals surface area (Å²) >= 11 is 0. The molecule has 47 heavy (non-hydrogen) atoms. The second-order valence-corrected chi connectivity index (χ2v) is 11.4. The fraction of sp³-hybridized carbons (Fsp3) is 0.361. The van der Waals surface area contributed by atoms with E-state index in [4.69, 9.17) is 15.2 Å². The van der Waals surface area contributed by atoms with Crippen LogP contribution in [0.1, 0.15) is 60.0 Å². The van der Waals surface area contributed by atoms with Crippen LogP contribution in [0.2, 0.25) is 0 Å². The van der Waals surface area contributed by atoms with Crippen LogP contribution in [0, 0.1) is 0 Å². The number of benzene rings is 3. The van der Waals surface area contributed by atoms with E-state index in [2.05, 4.69) is 0 Å². The molecule has 3 aromatic carbocycles. The van der Waals surface area contributed by atoms with Gasteiger partial charge in [-0.3, -0.25) is 14.5 Å². The molecule has 3 aromatic rings. The maximum atomic E-state index is 14.3. The Morgan fingerprint density at radius 3 is 1.96 bits per heavy atom. The van der Waals surface area contributed by atoms with Gasteiger partial charge >= 0.3 is 18.0 Å². The van der Waals surface area contributed by atoms with Gasteiger partial charge in [0.1, 0.15) is 31.3 Å². The van der Waals surface area contributed by atoms with E-state index in [1.165, 1.54) is 4.90 Å². The van der Waals surface area contributed by atoms with Gasteiger partial charge in [0.15, 0.2) is 5.78 Å². The zero-order chi connectivity index (χ0) is 33.6. The molecule has 248 valence electrons. The van der Waals surface area contributed by atoms with E-state index < -0.39 is 54.3 Å². The van der Waals surface area contributed by atoms with Crippen molar-refractivity contribution in [2.45, 2.75) is 69.9 Å². The van der Waals surface area contributed by atoms with Crippen LogP contribution in [0.4, 0.5) is 4.79 Å². The molecule has 4 rings (SSSR count). The molecule has 3 N–H and O–H groups in total. The molecule has 0 spiro atoms. The predicted octanol–water partition coefficient (Wildman–Crippen LogP) is 4.58. The first-order chi connectivity index (χ1) is 22.8. The molecule has 2 amide bonds. The number of amides is 2. The average molecular weight is 644 g/mol. The topological polar surface area (TPSA) is 157 Å². The monoisotopic (exact) mass is 643 g/mol. The van der Waals surface area contributed by atoms with Crippen LogP contribution in [0.5, 0.6) is 0 Å². The lowest BCUT2D eigenvalue weighted by Crippen LogP contribution is -2.59. The molecule has 0 bridgehead atoms. The van der Waals surface area contributed by atoms with Gasteiger partial charge in [-0.1, -0.05) is 91.0 Å². The third-order valence-electron chi connectivity index (χ3n) is 8.10. The Morgan fingerprint density at radius 2 is 1.38 bits per heavy atom. The number of Topliss-reactive ketones (excluding diaryl/α,β-unsaturated/α-hetero) is 1. The van der Waals surface area contributed by atoms with Crippen LogP contribution in [0.25, 0.3) is 0 Å². The van der Waals surface area contributed by atoms with Crippen molar-refractivity contribution in [1.82, 2.24) is 9.80 Å². The minimum Gasteiger partial charge on any atom is -0.480 e. The van der Waals surface area contributed by atoms with Crippen molar-refractivity contribution < 1.29 is 38.6 Å². The fourth-order valence-corrected chi connectivity index (χ4v) is 5.65. The van der Waals surface area contributed by atoms with Gasteiger partial charge in [-0.2, -0.15) is 0 Å². The van der Waals surface area contributed by atoms with Crippen LogP contribution in [-0.4, -0.2) is 75.8 Å². The summed E-state index contributed by atoms with van der Waals surface area (Å²) in [5, 5.41) is 9.87. The summed E-state index contributed by atoms with van der Waals surface area (Å²) in [6.07, 6.45) is 0.163. The van der Waals surface area contributed by atoms with Gasteiger partial charge in [0, 0.05) is 18.5 Å². The predicted molar refractivity (Wildman–Crippen MR) is 173 cm³/mol. The number of aliphatic carboxylic acids is 1. The van der Waals surface area contributed by atoms with E-state index in [-0.39, 0.29) is 32.6 Å². The number of nitrogens with zero attached hydrogens (tertiary/aromatic N) is 2. The lowest BCUT2D eigenvalue weighted by atomic mass is 9.98. The molecule has 0 saturated carbocycles. The Kier molecular flexibility index (Phi) is 13.1. The molecule has 0 radical (unpaired) electrons. The molecule has 3 atom stereocenters. The van der Waals surface area contributed by atoms with Crippen LogP contribution >= 0.6 is 0 Å². The highest BCUT2D eigenvalue weighted by Crippen LogP contribution is 2.26. The van der Waals surface area contributed by atoms with Crippen molar-refractivity contribution in [2.75, 3.05) is 13.1 Å². The average Bonchev–Trinajstić information content (AvgIpc) is 3.60. The van der Waals surface area contributed by atoms with Gasteiger partial charge in [0.2, 0.25) is 5.91 Å². The summed E-state index contributed by atoms with van der Waals surface area (Å²) in [7, 11) is 0. The SMILES string of the molecule is NCCCC[C@@H](C(=O)N1CCC[C@H]1C(=O)O)N(C(=O)OCc1ccccc1)C(CC(=O)c1ccccc1)C(=O)OCc1ccccc1. The summed E-state index contributed by atoms with van der Waals surface area (Å²) in [6.45, 7) is 0.180. The van der Waals surface area contributed by atoms with Gasteiger partial charge < -0.3 is 25.2 Å². The van der Waals surface area contributed by atoms with E-state index in [1.54, 1.807) is 78.9 Å². The zero-order valence-electron chi connectivity index (χ0n) is 26.2. The third-order valence-corrected chi connectivity index (χ3v) is 8.10. The van der Waals surface area contributed by atoms with Crippen LogP contribution in [0.15, 0.2) is 91.0 Å². The largest absolute Gasteiger partial charge is 0.480 e. The molecule has 1 unspecified atom stereocenters. The first kappa shape index (κ1) is 34.8. The number of ether oxygens (including phenoxy) is 2. The highest BCUT2D eigenvalue weighted by Gasteiger charge is 2.45. The maximum Gasteiger partial charge on any atom is 0.411 e. The molecular weight excluding hydrogens is 602 g/mol. The molecule has 1 aliphatic rings. The Bertz CT molecular complexity index is 1490. The number of carbonyl (C=O) groups is 5. The number of carbonyl (C=O) groups excluding carboxylic acids is 4. The molecule has 0 aromatic heterocycles. The Labute approximate surface area is 274 Å². The summed E-state index contributed by atoms with van der Waals surface area (Å²) in [6, 6.07) is 22.1. The molecular formula is C36H41N3O8. The van der Waals surface area contributed by atoms with Crippen molar-refractivity contribution in [3.8, 4) is 0 Å². The van der Waals surface area contributed by atoms with Gasteiger partial charge in [-0.25, -0.2) is 14.4 Å². The first-order valence-corrected chi connectivity index (χ1v) is 15.8. The molecule has 1 aliphatic heterocycles. The smallest absolute Gasteiger partial charge is 0.411 e. The molecule has 11 nitrogen and oxygen atoms in total. The maximum absolute atomic E-state index is 14.3. The van der Waals surface area contributed by atoms with Crippen LogP contribution < -0.4 is 5.73 Å². The highest BCUT2D eigenvalue weighted by molar-refractivity contribution is 6.00. The van der Waals surface area contributed by atoms with Crippen LogP contribution in [0.3, 0.4) is 0 Å². The first-order valence-electron chi connectivity index (χ1n) is 15.8. The fourth-order valence-electron chi connectivity index (χ4n) is 5.65. The summed E-state index contributed by atoms with van der Waals surface area (Å²) in [5.41, 5.74) is 7.42. The Hall–Kier alpha value is -5.03. The minimum atomic E-state index is -1.56. The normalized spacial score (nSPS) is 15.3. The zero-order valence-corrected chi connectivity index (χ0v) is 26.2. The molecule has 1 saturated heterocycles. The second kappa shape index (κ2) is 17.6. The van der Waals surface area contributed by atoms with E-state index in [0.717, 1.165) is 4.90 Å². The van der Waals surface area contributed by atoms with Crippen molar-refractivity contribution in [3.63, 3.8) is 0 Å². The van der Waals surface area contributed by atoms with E-state index in [9.17, 15) is 29.1 Å². The van der Waals surface area contributed by atoms with Crippen molar-refractivity contribution in [3.05, 3.63) is 108 Å². The van der Waals surface area contributed by atoms with E-state index in [1.807, 2.05) is 12.1 Å². The molecule has 11 heteroatoms. The van der Waals surface area contributed by atoms with Gasteiger partial charge in [0.25, 0.3) is 0 Å². The van der Waals surface area contributed by atoms with Crippen molar-refractivity contribution in [1.29, 1.82) is 0 Å². The Balaban J connectivity index is 1.75. The number of hydrogen-bond acceptors (Lipinski definition) is 8. The Morgan fingerprint density at radius 1 is 0.809 bits per heavy atom. The van der Waals surface area contributed by atoms with E-state index in [0.29, 0.717) is 42.5 Å². The number of nitrogens with two attached hydrogens (primary N) is 1. The summed E-state index contributed by atoms with van der Waals surface area (Å²) in [4.78, 5) is 70.3. The van der Waals surface area contributed by atoms with Gasteiger partial charge in [-0.15, -0.1) is 0 Å². The second-order valence-electron chi connectivity index (χ2n) is 11.4. The van der Waals surface area contributed by atoms with Crippen molar-refractivity contribution >= 4 is 29.7 Å². The van der Waals surface area contributed by atoms with Gasteiger partial charge in [-0.05, 0) is 49.8 Å². The number of carboxylic acids is 1. The third kappa shape index (κ3) is 9.73. The number of likely N-dealkylation sites (tertiary alicyclic amines) is 1. The summed E-state index contributed by atoms with van der Waals surface area (Å²) in [5.74, 6) is -3.15. The quantitative estimate of drug-likeness (QED) is 0.130. The lowest BCUT2D eigenvalue weighted by Gasteiger charge is -2.37. The standard InChI is InChI=1S/C36H41N3O8/c37-21-11-10-19-29(33(41)38-22-12-20-30(38)34(42)43)39(36(45)47-25-27-15-6-2-7-16-27)31(23-32(40)28-17-8-3-9-18-28)35(44)46-24-26-13-4-1-5-14-26/h1-9,13-18,29-31H,10-12,19-25,37H2,(H,42,43)/t29-,30-,31?/m0/s1. The molecule has 0 aliphatic carbocycles. The highest BCUT2D eigenvalue weighted by atomic mass is 16.6. The number of rotatable bonds is 16.